The summed E-state index contributed by atoms with van der Waals surface area (Å²) >= 11 is 0. The van der Waals surface area contributed by atoms with E-state index in [2.05, 4.69) is 87.5 Å². The molecule has 0 aromatic heterocycles. The van der Waals surface area contributed by atoms with Crippen molar-refractivity contribution in [2.75, 3.05) is 0 Å². The van der Waals surface area contributed by atoms with E-state index in [9.17, 15) is 0 Å². The lowest BCUT2D eigenvalue weighted by molar-refractivity contribution is 0.590. The van der Waals surface area contributed by atoms with Gasteiger partial charge in [0.15, 0.2) is 0 Å². The lowest BCUT2D eigenvalue weighted by Gasteiger charge is -2.19. The Labute approximate surface area is 128 Å². The second-order valence-electron chi connectivity index (χ2n) is 7.15. The average Bonchev–Trinajstić information content (AvgIpc) is 3.25. The molecule has 2 aromatic rings. The van der Waals surface area contributed by atoms with Crippen molar-refractivity contribution in [3.8, 4) is 0 Å². The topological polar surface area (TPSA) is 0 Å². The minimum absolute atomic E-state index is 0.245. The van der Waals surface area contributed by atoms with Crippen molar-refractivity contribution in [1.82, 2.24) is 0 Å². The highest BCUT2D eigenvalue weighted by molar-refractivity contribution is 5.50. The van der Waals surface area contributed by atoms with E-state index in [4.69, 9.17) is 0 Å². The molecule has 2 atom stereocenters. The molecule has 108 valence electrons. The molecule has 0 bridgehead atoms. The number of hydrogen-bond acceptors (Lipinski definition) is 0. The predicted molar refractivity (Wildman–Crippen MR) is 91.5 cm³/mol. The molecule has 1 aliphatic carbocycles. The van der Waals surface area contributed by atoms with Crippen LogP contribution in [-0.2, 0) is 5.41 Å². The summed E-state index contributed by atoms with van der Waals surface area (Å²) in [4.78, 5) is 0. The van der Waals surface area contributed by atoms with Gasteiger partial charge in [0.05, 0.1) is 0 Å². The standard InChI is InChI=1S/C21H24/c1-21(2,3)19-13-11-17(12-14-19)20-15-18(20)10-9-16-7-5-4-6-8-16/h4-14,18,20H,15H2,1-3H3/b10-9+/t18-,20-/m0/s1. The van der Waals surface area contributed by atoms with E-state index in [0.717, 1.165) is 5.92 Å². The average molecular weight is 276 g/mol. The van der Waals surface area contributed by atoms with E-state index in [-0.39, 0.29) is 5.41 Å². The summed E-state index contributed by atoms with van der Waals surface area (Å²) in [6, 6.07) is 19.8. The fourth-order valence-corrected chi connectivity index (χ4v) is 2.84. The van der Waals surface area contributed by atoms with E-state index in [1.807, 2.05) is 0 Å². The second-order valence-corrected chi connectivity index (χ2v) is 7.15. The van der Waals surface area contributed by atoms with Gasteiger partial charge in [-0.05, 0) is 40.4 Å². The van der Waals surface area contributed by atoms with Crippen LogP contribution in [0.3, 0.4) is 0 Å². The van der Waals surface area contributed by atoms with Gasteiger partial charge in [0, 0.05) is 0 Å². The molecule has 1 aliphatic rings. The third-order valence-electron chi connectivity index (χ3n) is 4.38. The highest BCUT2D eigenvalue weighted by Crippen LogP contribution is 2.48. The summed E-state index contributed by atoms with van der Waals surface area (Å²) in [6.45, 7) is 6.81. The second kappa shape index (κ2) is 5.52. The first kappa shape index (κ1) is 14.1. The van der Waals surface area contributed by atoms with Crippen LogP contribution in [0.1, 0.15) is 49.8 Å². The van der Waals surface area contributed by atoms with Gasteiger partial charge in [0.1, 0.15) is 0 Å². The Bertz CT molecular complexity index is 611. The zero-order valence-electron chi connectivity index (χ0n) is 13.2. The summed E-state index contributed by atoms with van der Waals surface area (Å²) < 4.78 is 0. The Hall–Kier alpha value is -1.82. The first-order valence-electron chi connectivity index (χ1n) is 7.88. The minimum Gasteiger partial charge on any atom is -0.0802 e. The van der Waals surface area contributed by atoms with Gasteiger partial charge in [-0.25, -0.2) is 0 Å². The van der Waals surface area contributed by atoms with E-state index < -0.39 is 0 Å². The van der Waals surface area contributed by atoms with Crippen molar-refractivity contribution in [1.29, 1.82) is 0 Å². The number of benzene rings is 2. The molecule has 2 aromatic carbocycles. The van der Waals surface area contributed by atoms with Crippen LogP contribution < -0.4 is 0 Å². The van der Waals surface area contributed by atoms with Crippen molar-refractivity contribution in [2.45, 2.75) is 38.5 Å². The van der Waals surface area contributed by atoms with Crippen LogP contribution in [0.4, 0.5) is 0 Å². The number of rotatable bonds is 3. The molecule has 0 heterocycles. The number of hydrogen-bond donors (Lipinski definition) is 0. The molecule has 0 amide bonds. The molecule has 0 radical (unpaired) electrons. The monoisotopic (exact) mass is 276 g/mol. The zero-order chi connectivity index (χ0) is 14.9. The van der Waals surface area contributed by atoms with E-state index >= 15 is 0 Å². The first-order valence-corrected chi connectivity index (χ1v) is 7.88. The Kier molecular flexibility index (Phi) is 3.71. The highest BCUT2D eigenvalue weighted by Gasteiger charge is 2.35. The van der Waals surface area contributed by atoms with Crippen molar-refractivity contribution in [3.05, 3.63) is 77.4 Å². The minimum atomic E-state index is 0.245. The normalized spacial score (nSPS) is 21.7. The Morgan fingerprint density at radius 1 is 0.905 bits per heavy atom. The van der Waals surface area contributed by atoms with Crippen molar-refractivity contribution in [3.63, 3.8) is 0 Å². The smallest absolute Gasteiger partial charge is 0.00929 e. The fourth-order valence-electron chi connectivity index (χ4n) is 2.84. The van der Waals surface area contributed by atoms with Crippen molar-refractivity contribution in [2.24, 2.45) is 5.92 Å². The van der Waals surface area contributed by atoms with Gasteiger partial charge in [-0.2, -0.15) is 0 Å². The molecule has 1 fully saturated rings. The highest BCUT2D eigenvalue weighted by atomic mass is 14.4. The van der Waals surface area contributed by atoms with Gasteiger partial charge in [-0.3, -0.25) is 0 Å². The predicted octanol–water partition coefficient (Wildman–Crippen LogP) is 5.80. The molecule has 0 spiro atoms. The van der Waals surface area contributed by atoms with Crippen LogP contribution in [0.5, 0.6) is 0 Å². The first-order chi connectivity index (χ1) is 10.0. The van der Waals surface area contributed by atoms with Crippen molar-refractivity contribution >= 4 is 6.08 Å². The Morgan fingerprint density at radius 3 is 2.19 bits per heavy atom. The molecule has 0 nitrogen and oxygen atoms in total. The zero-order valence-corrected chi connectivity index (χ0v) is 13.2. The maximum Gasteiger partial charge on any atom is -0.00929 e. The quantitative estimate of drug-likeness (QED) is 0.664. The van der Waals surface area contributed by atoms with E-state index in [0.29, 0.717) is 5.92 Å². The summed E-state index contributed by atoms with van der Waals surface area (Å²) in [5.41, 5.74) is 4.45. The molecular weight excluding hydrogens is 252 g/mol. The van der Waals surface area contributed by atoms with Gasteiger partial charge >= 0.3 is 0 Å². The fraction of sp³-hybridized carbons (Fsp3) is 0.333. The van der Waals surface area contributed by atoms with E-state index in [1.165, 1.54) is 23.1 Å². The van der Waals surface area contributed by atoms with Crippen molar-refractivity contribution < 1.29 is 0 Å². The molecule has 1 saturated carbocycles. The summed E-state index contributed by atoms with van der Waals surface area (Å²) in [5.74, 6) is 1.43. The lowest BCUT2D eigenvalue weighted by atomic mass is 9.86. The van der Waals surface area contributed by atoms with Crippen LogP contribution in [0.2, 0.25) is 0 Å². The molecule has 0 saturated heterocycles. The maximum atomic E-state index is 2.37. The van der Waals surface area contributed by atoms with Gasteiger partial charge < -0.3 is 0 Å². The molecule has 0 aliphatic heterocycles. The molecule has 21 heavy (non-hydrogen) atoms. The lowest BCUT2D eigenvalue weighted by Crippen LogP contribution is -2.10. The Balaban J connectivity index is 1.64. The van der Waals surface area contributed by atoms with Gasteiger partial charge in [-0.1, -0.05) is 87.5 Å². The number of allylic oxidation sites excluding steroid dienone is 1. The maximum absolute atomic E-state index is 2.37. The van der Waals surface area contributed by atoms with Crippen LogP contribution in [-0.4, -0.2) is 0 Å². The molecule has 3 rings (SSSR count). The SMILES string of the molecule is CC(C)(C)c1ccc([C@@H]2C[C@@H]2/C=C/c2ccccc2)cc1. The van der Waals surface area contributed by atoms with Gasteiger partial charge in [0.25, 0.3) is 0 Å². The van der Waals surface area contributed by atoms with Crippen LogP contribution >= 0.6 is 0 Å². The van der Waals surface area contributed by atoms with Crippen LogP contribution in [0.25, 0.3) is 6.08 Å². The third-order valence-corrected chi connectivity index (χ3v) is 4.38. The molecule has 0 N–H and O–H groups in total. The summed E-state index contributed by atoms with van der Waals surface area (Å²) in [7, 11) is 0. The van der Waals surface area contributed by atoms with Gasteiger partial charge in [-0.15, -0.1) is 0 Å². The third kappa shape index (κ3) is 3.44. The molecule has 0 heteroatoms. The van der Waals surface area contributed by atoms with Crippen LogP contribution in [0, 0.1) is 5.92 Å². The molecular formula is C21H24. The summed E-state index contributed by atoms with van der Waals surface area (Å²) in [6.07, 6.45) is 5.92. The summed E-state index contributed by atoms with van der Waals surface area (Å²) in [5, 5.41) is 0. The van der Waals surface area contributed by atoms with Crippen LogP contribution in [0.15, 0.2) is 60.7 Å². The Morgan fingerprint density at radius 2 is 1.57 bits per heavy atom. The van der Waals surface area contributed by atoms with E-state index in [1.54, 1.807) is 0 Å². The van der Waals surface area contributed by atoms with Gasteiger partial charge in [0.2, 0.25) is 0 Å². The molecule has 0 unspecified atom stereocenters. The largest absolute Gasteiger partial charge is 0.0802 e.